The van der Waals surface area contributed by atoms with Crippen LogP contribution < -0.4 is 11.1 Å². The Balaban J connectivity index is 1.26. The molecule has 5 heterocycles. The SMILES string of the molecule is CC#CCN1CCC(c2nc(-c3ccc(C(=O)Nc4cc(C5CC5)ccn4)nc3)n3c(N)nccc23)C1. The van der Waals surface area contributed by atoms with Gasteiger partial charge in [-0.05, 0) is 74.5 Å². The molecule has 0 spiro atoms. The predicted molar refractivity (Wildman–Crippen MR) is 142 cm³/mol. The van der Waals surface area contributed by atoms with Gasteiger partial charge < -0.3 is 11.1 Å². The van der Waals surface area contributed by atoms with Crippen molar-refractivity contribution in [1.29, 1.82) is 0 Å². The average Bonchev–Trinajstić information content (AvgIpc) is 3.54. The van der Waals surface area contributed by atoms with Crippen molar-refractivity contribution >= 4 is 23.2 Å². The number of pyridine rings is 2. The van der Waals surface area contributed by atoms with E-state index in [4.69, 9.17) is 10.7 Å². The third-order valence-electron chi connectivity index (χ3n) is 7.08. The molecule has 2 fully saturated rings. The van der Waals surface area contributed by atoms with Crippen LogP contribution in [0.4, 0.5) is 11.8 Å². The molecule has 0 bridgehead atoms. The lowest BCUT2D eigenvalue weighted by Gasteiger charge is -2.11. The smallest absolute Gasteiger partial charge is 0.275 e. The van der Waals surface area contributed by atoms with Crippen LogP contribution in [0.1, 0.15) is 59.8 Å². The summed E-state index contributed by atoms with van der Waals surface area (Å²) in [5, 5.41) is 2.86. The Morgan fingerprint density at radius 2 is 1.97 bits per heavy atom. The van der Waals surface area contributed by atoms with Gasteiger partial charge in [0.1, 0.15) is 17.3 Å². The zero-order chi connectivity index (χ0) is 25.4. The molecule has 2 aliphatic rings. The normalized spacial score (nSPS) is 17.5. The number of amides is 1. The number of aromatic nitrogens is 5. The van der Waals surface area contributed by atoms with Crippen molar-refractivity contribution in [2.45, 2.75) is 38.0 Å². The highest BCUT2D eigenvalue weighted by atomic mass is 16.1. The van der Waals surface area contributed by atoms with E-state index in [0.29, 0.717) is 29.2 Å². The molecular formula is C28H28N8O. The number of nitrogens with one attached hydrogen (secondary N) is 1. The fraction of sp³-hybridized carbons (Fsp3) is 0.321. The molecule has 1 unspecified atom stereocenters. The first-order valence-corrected chi connectivity index (χ1v) is 12.6. The lowest BCUT2D eigenvalue weighted by atomic mass is 10.0. The van der Waals surface area contributed by atoms with E-state index >= 15 is 0 Å². The number of nitrogens with two attached hydrogens (primary N) is 1. The first-order chi connectivity index (χ1) is 18.1. The molecule has 37 heavy (non-hydrogen) atoms. The van der Waals surface area contributed by atoms with Gasteiger partial charge in [0.25, 0.3) is 5.91 Å². The Hall–Kier alpha value is -4.29. The summed E-state index contributed by atoms with van der Waals surface area (Å²) in [5.41, 5.74) is 10.5. The van der Waals surface area contributed by atoms with E-state index in [1.165, 1.54) is 18.4 Å². The average molecular weight is 493 g/mol. The largest absolute Gasteiger partial charge is 0.369 e. The molecule has 0 aromatic carbocycles. The van der Waals surface area contributed by atoms with Gasteiger partial charge in [-0.15, -0.1) is 5.92 Å². The molecule has 4 aromatic heterocycles. The van der Waals surface area contributed by atoms with E-state index in [-0.39, 0.29) is 11.8 Å². The van der Waals surface area contributed by atoms with Crippen molar-refractivity contribution in [2.24, 2.45) is 0 Å². The van der Waals surface area contributed by atoms with Gasteiger partial charge in [0.2, 0.25) is 5.95 Å². The van der Waals surface area contributed by atoms with Gasteiger partial charge in [0.05, 0.1) is 17.8 Å². The summed E-state index contributed by atoms with van der Waals surface area (Å²) in [6.45, 7) is 4.52. The Labute approximate surface area is 215 Å². The quantitative estimate of drug-likeness (QED) is 0.394. The van der Waals surface area contributed by atoms with Crippen LogP contribution in [-0.4, -0.2) is 54.8 Å². The highest BCUT2D eigenvalue weighted by molar-refractivity contribution is 6.02. The van der Waals surface area contributed by atoms with Gasteiger partial charge in [0, 0.05) is 36.6 Å². The summed E-state index contributed by atoms with van der Waals surface area (Å²) >= 11 is 0. The molecule has 0 radical (unpaired) electrons. The van der Waals surface area contributed by atoms with Crippen LogP contribution in [0.15, 0.2) is 48.9 Å². The zero-order valence-electron chi connectivity index (χ0n) is 20.7. The molecule has 9 heteroatoms. The summed E-state index contributed by atoms with van der Waals surface area (Å²) in [4.78, 5) is 33.2. The Morgan fingerprint density at radius 3 is 2.76 bits per heavy atom. The Bertz CT molecular complexity index is 1530. The molecule has 1 saturated carbocycles. The number of nitrogen functional groups attached to an aromatic ring is 1. The second-order valence-electron chi connectivity index (χ2n) is 9.63. The molecule has 1 atom stereocenters. The van der Waals surface area contributed by atoms with Crippen LogP contribution in [0.3, 0.4) is 0 Å². The number of hydrogen-bond acceptors (Lipinski definition) is 7. The first-order valence-electron chi connectivity index (χ1n) is 12.6. The molecule has 1 aliphatic carbocycles. The molecule has 9 nitrogen and oxygen atoms in total. The summed E-state index contributed by atoms with van der Waals surface area (Å²) in [6.07, 6.45) is 8.50. The number of nitrogens with zero attached hydrogens (tertiary/aromatic N) is 6. The third-order valence-corrected chi connectivity index (χ3v) is 7.08. The van der Waals surface area contributed by atoms with Crippen LogP contribution in [0, 0.1) is 11.8 Å². The number of rotatable bonds is 6. The fourth-order valence-electron chi connectivity index (χ4n) is 4.99. The van der Waals surface area contributed by atoms with Gasteiger partial charge in [-0.1, -0.05) is 5.92 Å². The molecule has 4 aromatic rings. The second-order valence-corrected chi connectivity index (χ2v) is 9.63. The topological polar surface area (TPSA) is 114 Å². The van der Waals surface area contributed by atoms with E-state index in [2.05, 4.69) is 37.0 Å². The predicted octanol–water partition coefficient (Wildman–Crippen LogP) is 3.71. The first kappa shape index (κ1) is 23.1. The fourth-order valence-corrected chi connectivity index (χ4v) is 4.99. The van der Waals surface area contributed by atoms with E-state index in [9.17, 15) is 4.79 Å². The lowest BCUT2D eigenvalue weighted by Crippen LogP contribution is -2.20. The van der Waals surface area contributed by atoms with Gasteiger partial charge in [-0.3, -0.25) is 19.1 Å². The molecule has 1 amide bonds. The van der Waals surface area contributed by atoms with Crippen LogP contribution in [0.5, 0.6) is 0 Å². The minimum atomic E-state index is -0.303. The number of anilines is 2. The monoisotopic (exact) mass is 492 g/mol. The summed E-state index contributed by atoms with van der Waals surface area (Å²) in [6, 6.07) is 9.44. The number of likely N-dealkylation sites (tertiary alicyclic amines) is 1. The highest BCUT2D eigenvalue weighted by Crippen LogP contribution is 2.40. The van der Waals surface area contributed by atoms with Crippen molar-refractivity contribution in [2.75, 3.05) is 30.7 Å². The minimum absolute atomic E-state index is 0.279. The number of hydrogen-bond donors (Lipinski definition) is 2. The summed E-state index contributed by atoms with van der Waals surface area (Å²) in [7, 11) is 0. The minimum Gasteiger partial charge on any atom is -0.369 e. The molecule has 6 rings (SSSR count). The van der Waals surface area contributed by atoms with Gasteiger partial charge in [-0.2, -0.15) is 0 Å². The molecule has 1 saturated heterocycles. The Morgan fingerprint density at radius 1 is 1.11 bits per heavy atom. The maximum Gasteiger partial charge on any atom is 0.275 e. The van der Waals surface area contributed by atoms with Crippen molar-refractivity contribution < 1.29 is 4.79 Å². The van der Waals surface area contributed by atoms with Crippen molar-refractivity contribution in [3.05, 3.63) is 65.9 Å². The van der Waals surface area contributed by atoms with Gasteiger partial charge in [0.15, 0.2) is 0 Å². The maximum absolute atomic E-state index is 12.8. The second kappa shape index (κ2) is 9.64. The van der Waals surface area contributed by atoms with E-state index in [1.807, 2.05) is 35.6 Å². The number of imidazole rings is 1. The molecular weight excluding hydrogens is 464 g/mol. The molecule has 3 N–H and O–H groups in total. The summed E-state index contributed by atoms with van der Waals surface area (Å²) < 4.78 is 1.87. The van der Waals surface area contributed by atoms with Crippen LogP contribution in [0.25, 0.3) is 16.9 Å². The Kier molecular flexibility index (Phi) is 6.02. The summed E-state index contributed by atoms with van der Waals surface area (Å²) in [5.74, 6) is 8.26. The van der Waals surface area contributed by atoms with Gasteiger partial charge >= 0.3 is 0 Å². The molecule has 186 valence electrons. The van der Waals surface area contributed by atoms with Crippen LogP contribution in [0.2, 0.25) is 0 Å². The van der Waals surface area contributed by atoms with Crippen molar-refractivity contribution in [3.8, 4) is 23.2 Å². The van der Waals surface area contributed by atoms with E-state index in [1.54, 1.807) is 24.7 Å². The van der Waals surface area contributed by atoms with Crippen molar-refractivity contribution in [3.63, 3.8) is 0 Å². The molecule has 1 aliphatic heterocycles. The highest BCUT2D eigenvalue weighted by Gasteiger charge is 2.29. The van der Waals surface area contributed by atoms with Gasteiger partial charge in [-0.25, -0.2) is 15.0 Å². The lowest BCUT2D eigenvalue weighted by molar-refractivity contribution is 0.102. The van der Waals surface area contributed by atoms with Crippen LogP contribution in [-0.2, 0) is 0 Å². The standard InChI is InChI=1S/C28H28N8O/c1-2-3-13-35-14-10-21(17-35)25-23-9-12-31-28(29)36(23)26(34-25)20-6-7-22(32-16-20)27(37)33-24-15-19(8-11-30-24)18-4-5-18/h6-9,11-12,15-16,18,21H,4-5,10,13-14,17H2,1H3,(H2,29,31)(H,30,33,37). The number of carbonyl (C=O) groups excluding carboxylic acids is 1. The van der Waals surface area contributed by atoms with E-state index in [0.717, 1.165) is 42.8 Å². The van der Waals surface area contributed by atoms with E-state index < -0.39 is 0 Å². The zero-order valence-corrected chi connectivity index (χ0v) is 20.7. The maximum atomic E-state index is 12.8. The third kappa shape index (κ3) is 4.63. The number of carbonyl (C=O) groups is 1. The van der Waals surface area contributed by atoms with Crippen LogP contribution >= 0.6 is 0 Å². The van der Waals surface area contributed by atoms with Crippen molar-refractivity contribution in [1.82, 2.24) is 29.2 Å². The number of fused-ring (bicyclic) bond motifs is 1.